The van der Waals surface area contributed by atoms with Crippen molar-refractivity contribution in [1.29, 1.82) is 0 Å². The van der Waals surface area contributed by atoms with E-state index in [2.05, 4.69) is 9.46 Å². The molecule has 9 nitrogen and oxygen atoms in total. The number of methoxy groups -OCH3 is 1. The summed E-state index contributed by atoms with van der Waals surface area (Å²) in [5.74, 6) is -1.29. The molecule has 2 aromatic rings. The molecule has 0 saturated heterocycles. The van der Waals surface area contributed by atoms with Crippen LogP contribution in [0.5, 0.6) is 0 Å². The Morgan fingerprint density at radius 3 is 2.52 bits per heavy atom. The number of hydrogen-bond donors (Lipinski definition) is 1. The zero-order chi connectivity index (χ0) is 22.6. The number of benzene rings is 2. The molecule has 2 aromatic carbocycles. The second-order valence-electron chi connectivity index (χ2n) is 6.38. The lowest BCUT2D eigenvalue weighted by Crippen LogP contribution is -2.39. The fraction of sp³-hybridized carbons (Fsp3) is 0.250. The molecule has 0 radical (unpaired) electrons. The molecular weight excluding hydrogens is 444 g/mol. The number of thioether (sulfide) groups is 1. The van der Waals surface area contributed by atoms with Crippen molar-refractivity contribution in [3.8, 4) is 0 Å². The van der Waals surface area contributed by atoms with Crippen LogP contribution in [0, 0.1) is 0 Å². The lowest BCUT2D eigenvalue weighted by atomic mass is 10.2. The van der Waals surface area contributed by atoms with Gasteiger partial charge in [-0.25, -0.2) is 13.2 Å². The minimum absolute atomic E-state index is 0.0779. The van der Waals surface area contributed by atoms with Crippen LogP contribution in [0.3, 0.4) is 0 Å². The summed E-state index contributed by atoms with van der Waals surface area (Å²) in [7, 11) is -2.78. The maximum atomic E-state index is 12.9. The SMILES string of the molecule is CCOC(=O)c1ccc(NS(=O)(=O)c2ccc3c(c2)N(CC(=O)OC)C(=O)CS3)cc1. The number of esters is 2. The molecule has 0 aromatic heterocycles. The first kappa shape index (κ1) is 22.6. The Hall–Kier alpha value is -3.05. The zero-order valence-corrected chi connectivity index (χ0v) is 18.4. The van der Waals surface area contributed by atoms with E-state index in [9.17, 15) is 22.8 Å². The van der Waals surface area contributed by atoms with E-state index in [0.717, 1.165) is 0 Å². The van der Waals surface area contributed by atoms with Gasteiger partial charge in [-0.3, -0.25) is 19.2 Å². The van der Waals surface area contributed by atoms with E-state index in [-0.39, 0.29) is 35.4 Å². The van der Waals surface area contributed by atoms with E-state index < -0.39 is 22.0 Å². The smallest absolute Gasteiger partial charge is 0.338 e. The van der Waals surface area contributed by atoms with Gasteiger partial charge in [-0.1, -0.05) is 0 Å². The van der Waals surface area contributed by atoms with Crippen molar-refractivity contribution in [2.75, 3.05) is 35.6 Å². The first-order chi connectivity index (χ1) is 14.7. The predicted molar refractivity (Wildman–Crippen MR) is 115 cm³/mol. The van der Waals surface area contributed by atoms with Crippen molar-refractivity contribution >= 4 is 51.0 Å². The van der Waals surface area contributed by atoms with Gasteiger partial charge >= 0.3 is 11.9 Å². The topological polar surface area (TPSA) is 119 Å². The van der Waals surface area contributed by atoms with E-state index in [1.54, 1.807) is 13.0 Å². The Balaban J connectivity index is 1.86. The van der Waals surface area contributed by atoms with E-state index in [4.69, 9.17) is 4.74 Å². The fourth-order valence-corrected chi connectivity index (χ4v) is 4.81. The minimum atomic E-state index is -3.99. The molecule has 0 fully saturated rings. The van der Waals surface area contributed by atoms with Crippen LogP contribution in [-0.4, -0.2) is 52.3 Å². The van der Waals surface area contributed by atoms with E-state index in [1.165, 1.54) is 60.2 Å². The zero-order valence-electron chi connectivity index (χ0n) is 16.8. The molecule has 0 unspecified atom stereocenters. The Kier molecular flexibility index (Phi) is 6.86. The van der Waals surface area contributed by atoms with Crippen LogP contribution >= 0.6 is 11.8 Å². The third-order valence-electron chi connectivity index (χ3n) is 4.35. The summed E-state index contributed by atoms with van der Waals surface area (Å²) in [6, 6.07) is 10.2. The molecule has 0 bridgehead atoms. The first-order valence-corrected chi connectivity index (χ1v) is 11.7. The van der Waals surface area contributed by atoms with Crippen molar-refractivity contribution in [1.82, 2.24) is 0 Å². The fourth-order valence-electron chi connectivity index (χ4n) is 2.82. The summed E-state index contributed by atoms with van der Waals surface area (Å²) in [4.78, 5) is 37.5. The summed E-state index contributed by atoms with van der Waals surface area (Å²) >= 11 is 1.26. The summed E-state index contributed by atoms with van der Waals surface area (Å²) in [5, 5.41) is 0. The second-order valence-corrected chi connectivity index (χ2v) is 9.08. The van der Waals surface area contributed by atoms with Crippen LogP contribution in [0.2, 0.25) is 0 Å². The number of anilines is 2. The second kappa shape index (κ2) is 9.40. The number of nitrogens with one attached hydrogen (secondary N) is 1. The summed E-state index contributed by atoms with van der Waals surface area (Å²) < 4.78 is 37.7. The van der Waals surface area contributed by atoms with Crippen LogP contribution in [0.15, 0.2) is 52.3 Å². The molecule has 1 heterocycles. The molecule has 1 amide bonds. The molecule has 0 spiro atoms. The number of amides is 1. The average molecular weight is 465 g/mol. The van der Waals surface area contributed by atoms with Crippen LogP contribution in [0.4, 0.5) is 11.4 Å². The van der Waals surface area contributed by atoms with Gasteiger partial charge < -0.3 is 9.47 Å². The van der Waals surface area contributed by atoms with Gasteiger partial charge in [-0.2, -0.15) is 0 Å². The van der Waals surface area contributed by atoms with Crippen LogP contribution in [0.25, 0.3) is 0 Å². The standard InChI is InChI=1S/C20H20N2O7S2/c1-3-29-20(25)13-4-6-14(7-5-13)21-31(26,27)15-8-9-17-16(10-15)22(11-19(24)28-2)18(23)12-30-17/h4-10,21H,3,11-12H2,1-2H3. The summed E-state index contributed by atoms with van der Waals surface area (Å²) in [6.07, 6.45) is 0. The van der Waals surface area contributed by atoms with Crippen LogP contribution in [0.1, 0.15) is 17.3 Å². The molecule has 1 aliphatic heterocycles. The maximum absolute atomic E-state index is 12.9. The third-order valence-corrected chi connectivity index (χ3v) is 6.77. The summed E-state index contributed by atoms with van der Waals surface area (Å²) in [5.41, 5.74) is 0.877. The van der Waals surface area contributed by atoms with Gasteiger partial charge in [0.05, 0.1) is 35.6 Å². The van der Waals surface area contributed by atoms with Crippen molar-refractivity contribution in [2.24, 2.45) is 0 Å². The number of nitrogens with zero attached hydrogens (tertiary/aromatic N) is 1. The number of hydrogen-bond acceptors (Lipinski definition) is 8. The maximum Gasteiger partial charge on any atom is 0.338 e. The highest BCUT2D eigenvalue weighted by molar-refractivity contribution is 8.00. The molecule has 0 atom stereocenters. The Bertz CT molecular complexity index is 1110. The van der Waals surface area contributed by atoms with Crippen molar-refractivity contribution < 1.29 is 32.3 Å². The van der Waals surface area contributed by atoms with Gasteiger partial charge in [-0.15, -0.1) is 11.8 Å². The summed E-state index contributed by atoms with van der Waals surface area (Å²) in [6.45, 7) is 1.62. The van der Waals surface area contributed by atoms with Crippen molar-refractivity contribution in [3.05, 3.63) is 48.0 Å². The van der Waals surface area contributed by atoms with Gasteiger partial charge in [0, 0.05) is 10.6 Å². The molecule has 0 aliphatic carbocycles. The molecule has 11 heteroatoms. The molecule has 3 rings (SSSR count). The van der Waals surface area contributed by atoms with Gasteiger partial charge in [0.1, 0.15) is 6.54 Å². The van der Waals surface area contributed by atoms with Crippen LogP contribution in [-0.2, 0) is 29.1 Å². The lowest BCUT2D eigenvalue weighted by molar-refractivity contribution is -0.139. The number of fused-ring (bicyclic) bond motifs is 1. The van der Waals surface area contributed by atoms with Gasteiger partial charge in [-0.05, 0) is 49.4 Å². The molecule has 1 aliphatic rings. The minimum Gasteiger partial charge on any atom is -0.468 e. The lowest BCUT2D eigenvalue weighted by Gasteiger charge is -2.28. The molecule has 0 saturated carbocycles. The Morgan fingerprint density at radius 2 is 1.87 bits per heavy atom. The van der Waals surface area contributed by atoms with E-state index in [1.807, 2.05) is 0 Å². The number of sulfonamides is 1. The van der Waals surface area contributed by atoms with E-state index >= 15 is 0 Å². The number of rotatable bonds is 7. The predicted octanol–water partition coefficient (Wildman–Crippen LogP) is 2.28. The Morgan fingerprint density at radius 1 is 1.16 bits per heavy atom. The average Bonchev–Trinajstić information content (AvgIpc) is 2.75. The number of ether oxygens (including phenoxy) is 2. The highest BCUT2D eigenvalue weighted by Gasteiger charge is 2.29. The normalized spacial score (nSPS) is 13.4. The molecule has 31 heavy (non-hydrogen) atoms. The highest BCUT2D eigenvalue weighted by atomic mass is 32.2. The van der Waals surface area contributed by atoms with Gasteiger partial charge in [0.15, 0.2) is 0 Å². The number of carbonyl (C=O) groups excluding carboxylic acids is 3. The number of carbonyl (C=O) groups is 3. The van der Waals surface area contributed by atoms with Gasteiger partial charge in [0.25, 0.3) is 10.0 Å². The van der Waals surface area contributed by atoms with E-state index in [0.29, 0.717) is 16.1 Å². The monoisotopic (exact) mass is 464 g/mol. The van der Waals surface area contributed by atoms with Crippen LogP contribution < -0.4 is 9.62 Å². The molecular formula is C20H20N2O7S2. The Labute approximate surface area is 183 Å². The molecule has 1 N–H and O–H groups in total. The quantitative estimate of drug-likeness (QED) is 0.620. The largest absolute Gasteiger partial charge is 0.468 e. The third kappa shape index (κ3) is 5.17. The first-order valence-electron chi connectivity index (χ1n) is 9.19. The highest BCUT2D eigenvalue weighted by Crippen LogP contribution is 2.37. The molecule has 164 valence electrons. The van der Waals surface area contributed by atoms with Gasteiger partial charge in [0.2, 0.25) is 5.91 Å². The van der Waals surface area contributed by atoms with Crippen molar-refractivity contribution in [3.63, 3.8) is 0 Å². The van der Waals surface area contributed by atoms with Crippen molar-refractivity contribution in [2.45, 2.75) is 16.7 Å².